The molecule has 0 saturated carbocycles. The van der Waals surface area contributed by atoms with Crippen LogP contribution < -0.4 is 4.90 Å². The molecule has 0 atom stereocenters. The molecule has 0 spiro atoms. The molecular formula is C21H28N4O. The predicted molar refractivity (Wildman–Crippen MR) is 106 cm³/mol. The van der Waals surface area contributed by atoms with Crippen molar-refractivity contribution in [1.82, 2.24) is 14.8 Å². The average molecular weight is 352 g/mol. The van der Waals surface area contributed by atoms with Gasteiger partial charge in [-0.25, -0.2) is 0 Å². The second-order valence-corrected chi connectivity index (χ2v) is 7.56. The molecule has 1 amide bonds. The summed E-state index contributed by atoms with van der Waals surface area (Å²) in [7, 11) is 0. The third-order valence-electron chi connectivity index (χ3n) is 5.62. The monoisotopic (exact) mass is 352 g/mol. The van der Waals surface area contributed by atoms with E-state index in [2.05, 4.69) is 46.0 Å². The zero-order valence-corrected chi connectivity index (χ0v) is 15.7. The fourth-order valence-corrected chi connectivity index (χ4v) is 4.15. The van der Waals surface area contributed by atoms with Crippen LogP contribution in [0.5, 0.6) is 0 Å². The van der Waals surface area contributed by atoms with Gasteiger partial charge < -0.3 is 9.80 Å². The molecule has 26 heavy (non-hydrogen) atoms. The van der Waals surface area contributed by atoms with E-state index in [9.17, 15) is 4.79 Å². The number of nitrogens with zero attached hydrogens (tertiary/aromatic N) is 4. The molecule has 5 nitrogen and oxygen atoms in total. The molecule has 0 aliphatic carbocycles. The van der Waals surface area contributed by atoms with Gasteiger partial charge in [-0.15, -0.1) is 0 Å². The summed E-state index contributed by atoms with van der Waals surface area (Å²) in [6.07, 6.45) is 5.32. The van der Waals surface area contributed by atoms with Crippen LogP contribution in [-0.4, -0.2) is 66.5 Å². The van der Waals surface area contributed by atoms with Gasteiger partial charge in [0.25, 0.3) is 0 Å². The lowest BCUT2D eigenvalue weighted by Gasteiger charge is -2.25. The molecule has 5 heteroatoms. The second-order valence-electron chi connectivity index (χ2n) is 7.56. The first kappa shape index (κ1) is 17.3. The van der Waals surface area contributed by atoms with Crippen molar-refractivity contribution in [3.63, 3.8) is 0 Å². The van der Waals surface area contributed by atoms with Crippen LogP contribution >= 0.6 is 0 Å². The number of rotatable bonds is 3. The minimum Gasteiger partial charge on any atom is -0.370 e. The smallest absolute Gasteiger partial charge is 0.236 e. The number of pyridine rings is 1. The summed E-state index contributed by atoms with van der Waals surface area (Å²) in [5.41, 5.74) is 3.59. The number of aromatic nitrogens is 1. The van der Waals surface area contributed by atoms with E-state index >= 15 is 0 Å². The van der Waals surface area contributed by atoms with Gasteiger partial charge in [-0.2, -0.15) is 0 Å². The number of benzene rings is 1. The Morgan fingerprint density at radius 1 is 1.00 bits per heavy atom. The molecule has 0 unspecified atom stereocenters. The Balaban J connectivity index is 1.45. The minimum absolute atomic E-state index is 0.306. The fraction of sp³-hybridized carbons (Fsp3) is 0.524. The van der Waals surface area contributed by atoms with Crippen LogP contribution in [0, 0.1) is 6.92 Å². The van der Waals surface area contributed by atoms with Gasteiger partial charge >= 0.3 is 0 Å². The highest BCUT2D eigenvalue weighted by atomic mass is 16.2. The Bertz CT molecular complexity index is 785. The zero-order chi connectivity index (χ0) is 17.9. The lowest BCUT2D eigenvalue weighted by atomic mass is 10.1. The van der Waals surface area contributed by atoms with E-state index in [0.29, 0.717) is 12.5 Å². The summed E-state index contributed by atoms with van der Waals surface area (Å²) in [6, 6.07) is 8.59. The maximum atomic E-state index is 12.5. The van der Waals surface area contributed by atoms with E-state index in [-0.39, 0.29) is 0 Å². The molecular weight excluding hydrogens is 324 g/mol. The van der Waals surface area contributed by atoms with Crippen LogP contribution in [0.4, 0.5) is 5.69 Å². The normalized spacial score (nSPS) is 19.1. The number of carbonyl (C=O) groups is 1. The first-order valence-electron chi connectivity index (χ1n) is 9.81. The topological polar surface area (TPSA) is 39.7 Å². The molecule has 1 aromatic carbocycles. The number of anilines is 1. The van der Waals surface area contributed by atoms with Crippen LogP contribution in [-0.2, 0) is 4.79 Å². The summed E-state index contributed by atoms with van der Waals surface area (Å²) in [4.78, 5) is 23.8. The molecule has 2 aromatic rings. The van der Waals surface area contributed by atoms with Crippen molar-refractivity contribution in [3.05, 3.63) is 36.0 Å². The average Bonchev–Trinajstić information content (AvgIpc) is 3.09. The van der Waals surface area contributed by atoms with Gasteiger partial charge in [0, 0.05) is 56.5 Å². The number of hydrogen-bond acceptors (Lipinski definition) is 4. The van der Waals surface area contributed by atoms with Gasteiger partial charge in [0.15, 0.2) is 0 Å². The molecule has 3 heterocycles. The fourth-order valence-electron chi connectivity index (χ4n) is 4.15. The highest BCUT2D eigenvalue weighted by molar-refractivity contribution is 5.92. The van der Waals surface area contributed by atoms with E-state index in [1.54, 1.807) is 0 Å². The van der Waals surface area contributed by atoms with Gasteiger partial charge in [0.1, 0.15) is 0 Å². The zero-order valence-electron chi connectivity index (χ0n) is 15.7. The largest absolute Gasteiger partial charge is 0.370 e. The third kappa shape index (κ3) is 3.68. The summed E-state index contributed by atoms with van der Waals surface area (Å²) in [5, 5.41) is 1.23. The van der Waals surface area contributed by atoms with Crippen molar-refractivity contribution in [2.45, 2.75) is 26.2 Å². The second kappa shape index (κ2) is 7.62. The van der Waals surface area contributed by atoms with Crippen molar-refractivity contribution in [2.75, 3.05) is 50.7 Å². The van der Waals surface area contributed by atoms with Crippen molar-refractivity contribution < 1.29 is 4.79 Å². The Morgan fingerprint density at radius 3 is 2.69 bits per heavy atom. The van der Waals surface area contributed by atoms with Crippen molar-refractivity contribution in [2.24, 2.45) is 0 Å². The molecule has 138 valence electrons. The van der Waals surface area contributed by atoms with Crippen molar-refractivity contribution in [3.8, 4) is 0 Å². The van der Waals surface area contributed by atoms with Crippen LogP contribution in [0.1, 0.15) is 24.8 Å². The molecule has 2 saturated heterocycles. The first-order valence-corrected chi connectivity index (χ1v) is 9.81. The number of likely N-dealkylation sites (tertiary alicyclic amines) is 1. The third-order valence-corrected chi connectivity index (χ3v) is 5.62. The number of aryl methyl sites for hydroxylation is 1. The van der Waals surface area contributed by atoms with Crippen molar-refractivity contribution >= 4 is 22.5 Å². The van der Waals surface area contributed by atoms with Gasteiger partial charge in [0.2, 0.25) is 5.91 Å². The minimum atomic E-state index is 0.306. The van der Waals surface area contributed by atoms with Crippen LogP contribution in [0.3, 0.4) is 0 Å². The molecule has 0 radical (unpaired) electrons. The molecule has 0 N–H and O–H groups in total. The van der Waals surface area contributed by atoms with E-state index in [0.717, 1.165) is 64.0 Å². The van der Waals surface area contributed by atoms with E-state index in [1.807, 2.05) is 11.1 Å². The molecule has 4 rings (SSSR count). The lowest BCUT2D eigenvalue weighted by molar-refractivity contribution is -0.131. The highest BCUT2D eigenvalue weighted by Gasteiger charge is 2.23. The van der Waals surface area contributed by atoms with Crippen molar-refractivity contribution in [1.29, 1.82) is 0 Å². The standard InChI is InChI=1S/C21H28N4O/c1-17-5-6-19-18(15-17)20(7-8-22-19)24-12-4-9-23(13-14-24)16-21(26)25-10-2-3-11-25/h5-8,15H,2-4,9-14,16H2,1H3. The number of hydrogen-bond donors (Lipinski definition) is 0. The SMILES string of the molecule is Cc1ccc2nccc(N3CCCN(CC(=O)N4CCCC4)CC3)c2c1. The van der Waals surface area contributed by atoms with Gasteiger partial charge in [-0.05, 0) is 44.4 Å². The molecule has 2 fully saturated rings. The Labute approximate surface area is 155 Å². The molecule has 0 bridgehead atoms. The van der Waals surface area contributed by atoms with Gasteiger partial charge in [-0.1, -0.05) is 11.6 Å². The quantitative estimate of drug-likeness (QED) is 0.851. The van der Waals surface area contributed by atoms with Gasteiger partial charge in [0.05, 0.1) is 12.1 Å². The number of amides is 1. The molecule has 2 aliphatic rings. The van der Waals surface area contributed by atoms with Gasteiger partial charge in [-0.3, -0.25) is 14.7 Å². The lowest BCUT2D eigenvalue weighted by Crippen LogP contribution is -2.40. The Hall–Kier alpha value is -2.14. The van der Waals surface area contributed by atoms with Crippen LogP contribution in [0.15, 0.2) is 30.5 Å². The van der Waals surface area contributed by atoms with E-state index < -0.39 is 0 Å². The van der Waals surface area contributed by atoms with E-state index in [4.69, 9.17) is 0 Å². The van der Waals surface area contributed by atoms with Crippen LogP contribution in [0.2, 0.25) is 0 Å². The predicted octanol–water partition coefficient (Wildman–Crippen LogP) is 2.68. The van der Waals surface area contributed by atoms with Crippen LogP contribution in [0.25, 0.3) is 10.9 Å². The maximum absolute atomic E-state index is 12.5. The summed E-state index contributed by atoms with van der Waals surface area (Å²) < 4.78 is 0. The Morgan fingerprint density at radius 2 is 1.85 bits per heavy atom. The maximum Gasteiger partial charge on any atom is 0.236 e. The van der Waals surface area contributed by atoms with E-state index in [1.165, 1.54) is 16.6 Å². The summed E-state index contributed by atoms with van der Waals surface area (Å²) in [6.45, 7) is 8.52. The number of carbonyl (C=O) groups excluding carboxylic acids is 1. The molecule has 2 aliphatic heterocycles. The highest BCUT2D eigenvalue weighted by Crippen LogP contribution is 2.27. The summed E-state index contributed by atoms with van der Waals surface area (Å²) >= 11 is 0. The Kier molecular flexibility index (Phi) is 5.07. The molecule has 1 aromatic heterocycles. The number of fused-ring (bicyclic) bond motifs is 1. The first-order chi connectivity index (χ1) is 12.7. The summed E-state index contributed by atoms with van der Waals surface area (Å²) in [5.74, 6) is 0.306.